The second-order valence-corrected chi connectivity index (χ2v) is 10.1. The highest BCUT2D eigenvalue weighted by atomic mass is 32.1. The number of carbonyl (C=O) groups is 1. The zero-order valence-electron chi connectivity index (χ0n) is 18.5. The number of aromatic hydroxyl groups is 1. The Balaban J connectivity index is 1.30. The maximum absolute atomic E-state index is 13.0. The smallest absolute Gasteiger partial charge is 0.310 e. The molecule has 0 spiro atoms. The van der Waals surface area contributed by atoms with Crippen LogP contribution >= 0.6 is 22.7 Å². The van der Waals surface area contributed by atoms with Gasteiger partial charge in [0.1, 0.15) is 0 Å². The molecule has 5 nitrogen and oxygen atoms in total. The van der Waals surface area contributed by atoms with E-state index in [0.717, 1.165) is 48.6 Å². The SMILES string of the molecule is CN(Cc1cccc(-c2ccc(Cn3c(O)csc3=O)cc2)c1)C(=O)c1cc2ccccc2s1. The van der Waals surface area contributed by atoms with Crippen molar-refractivity contribution < 1.29 is 9.90 Å². The van der Waals surface area contributed by atoms with Gasteiger partial charge in [-0.3, -0.25) is 14.2 Å². The quantitative estimate of drug-likeness (QED) is 0.329. The predicted molar refractivity (Wildman–Crippen MR) is 139 cm³/mol. The minimum absolute atomic E-state index is 0.0129. The lowest BCUT2D eigenvalue weighted by Gasteiger charge is -2.17. The van der Waals surface area contributed by atoms with E-state index < -0.39 is 0 Å². The summed E-state index contributed by atoms with van der Waals surface area (Å²) in [6.07, 6.45) is 0. The molecule has 5 aromatic rings. The molecule has 3 aromatic carbocycles. The molecule has 1 amide bonds. The van der Waals surface area contributed by atoms with Crippen molar-refractivity contribution in [1.29, 1.82) is 0 Å². The van der Waals surface area contributed by atoms with E-state index in [1.54, 1.807) is 4.90 Å². The van der Waals surface area contributed by atoms with Gasteiger partial charge in [-0.2, -0.15) is 0 Å². The van der Waals surface area contributed by atoms with Crippen molar-refractivity contribution in [3.8, 4) is 17.0 Å². The minimum Gasteiger partial charge on any atom is -0.494 e. The van der Waals surface area contributed by atoms with Crippen molar-refractivity contribution in [2.24, 2.45) is 0 Å². The number of thiophene rings is 1. The fraction of sp³-hybridized carbons (Fsp3) is 0.111. The van der Waals surface area contributed by atoms with Crippen molar-refractivity contribution in [1.82, 2.24) is 9.47 Å². The van der Waals surface area contributed by atoms with Gasteiger partial charge in [-0.1, -0.05) is 72.0 Å². The maximum Gasteiger partial charge on any atom is 0.310 e. The zero-order chi connectivity index (χ0) is 23.7. The first kappa shape index (κ1) is 22.1. The van der Waals surface area contributed by atoms with Gasteiger partial charge in [0.25, 0.3) is 5.91 Å². The van der Waals surface area contributed by atoms with Crippen LogP contribution < -0.4 is 4.87 Å². The number of fused-ring (bicyclic) bond motifs is 1. The van der Waals surface area contributed by atoms with Crippen LogP contribution in [0.15, 0.2) is 89.0 Å². The van der Waals surface area contributed by atoms with Crippen LogP contribution in [0.3, 0.4) is 0 Å². The van der Waals surface area contributed by atoms with Crippen molar-refractivity contribution in [3.63, 3.8) is 0 Å². The lowest BCUT2D eigenvalue weighted by atomic mass is 10.0. The van der Waals surface area contributed by atoms with E-state index in [1.807, 2.05) is 79.8 Å². The normalized spacial score (nSPS) is 11.1. The summed E-state index contributed by atoms with van der Waals surface area (Å²) in [5, 5.41) is 12.4. The standard InChI is InChI=1S/C27H22N2O3S2/c1-28(26(31)24-14-22-6-2-3-8-23(22)34-24)15-19-5-4-7-21(13-19)20-11-9-18(10-12-20)16-29-25(30)17-33-27(29)32/h2-14,17,30H,15-16H2,1H3. The molecule has 2 heterocycles. The average Bonchev–Trinajstić information content (AvgIpc) is 3.43. The highest BCUT2D eigenvalue weighted by molar-refractivity contribution is 7.20. The largest absolute Gasteiger partial charge is 0.494 e. The second-order valence-electron chi connectivity index (χ2n) is 8.15. The third-order valence-corrected chi connectivity index (χ3v) is 7.57. The van der Waals surface area contributed by atoms with Gasteiger partial charge in [0.2, 0.25) is 5.88 Å². The van der Waals surface area contributed by atoms with E-state index in [0.29, 0.717) is 13.1 Å². The maximum atomic E-state index is 13.0. The molecule has 0 saturated heterocycles. The Labute approximate surface area is 204 Å². The number of amides is 1. The van der Waals surface area contributed by atoms with E-state index in [1.165, 1.54) is 21.3 Å². The Hall–Kier alpha value is -3.68. The van der Waals surface area contributed by atoms with Crippen molar-refractivity contribution in [3.05, 3.63) is 110 Å². The van der Waals surface area contributed by atoms with Gasteiger partial charge in [-0.25, -0.2) is 0 Å². The third kappa shape index (κ3) is 4.53. The average molecular weight is 487 g/mol. The Kier molecular flexibility index (Phi) is 6.04. The summed E-state index contributed by atoms with van der Waals surface area (Å²) >= 11 is 2.51. The molecule has 0 fully saturated rings. The molecule has 5 rings (SSSR count). The van der Waals surface area contributed by atoms with Crippen LogP contribution in [0.25, 0.3) is 21.2 Å². The predicted octanol–water partition coefficient (Wildman–Crippen LogP) is 5.82. The highest BCUT2D eigenvalue weighted by Crippen LogP contribution is 2.27. The van der Waals surface area contributed by atoms with Gasteiger partial charge in [-0.05, 0) is 45.8 Å². The molecule has 1 N–H and O–H groups in total. The summed E-state index contributed by atoms with van der Waals surface area (Å²) in [5.74, 6) is 0.00368. The summed E-state index contributed by atoms with van der Waals surface area (Å²) in [6.45, 7) is 0.846. The number of benzene rings is 3. The van der Waals surface area contributed by atoms with E-state index >= 15 is 0 Å². The Morgan fingerprint density at radius 1 is 0.941 bits per heavy atom. The van der Waals surface area contributed by atoms with Crippen LogP contribution in [0.4, 0.5) is 0 Å². The molecule has 0 radical (unpaired) electrons. The molecule has 2 aromatic heterocycles. The van der Waals surface area contributed by atoms with Crippen LogP contribution in [0.2, 0.25) is 0 Å². The van der Waals surface area contributed by atoms with Gasteiger partial charge in [0.15, 0.2) is 0 Å². The van der Waals surface area contributed by atoms with Gasteiger partial charge >= 0.3 is 4.87 Å². The number of thiazole rings is 1. The summed E-state index contributed by atoms with van der Waals surface area (Å²) in [7, 11) is 1.83. The Morgan fingerprint density at radius 3 is 2.47 bits per heavy atom. The first-order chi connectivity index (χ1) is 16.5. The summed E-state index contributed by atoms with van der Waals surface area (Å²) in [4.78, 5) is 27.1. The Morgan fingerprint density at radius 2 is 1.74 bits per heavy atom. The molecule has 7 heteroatoms. The van der Waals surface area contributed by atoms with Crippen molar-refractivity contribution in [2.75, 3.05) is 7.05 Å². The first-order valence-corrected chi connectivity index (χ1v) is 12.5. The van der Waals surface area contributed by atoms with Crippen molar-refractivity contribution >= 4 is 38.7 Å². The van der Waals surface area contributed by atoms with E-state index in [4.69, 9.17) is 0 Å². The molecule has 170 valence electrons. The molecule has 0 bridgehead atoms. The lowest BCUT2D eigenvalue weighted by Crippen LogP contribution is -2.25. The van der Waals surface area contributed by atoms with Crippen LogP contribution in [0, 0.1) is 0 Å². The second kappa shape index (κ2) is 9.29. The van der Waals surface area contributed by atoms with Crippen LogP contribution in [-0.2, 0) is 13.1 Å². The van der Waals surface area contributed by atoms with Gasteiger partial charge in [0, 0.05) is 18.3 Å². The van der Waals surface area contributed by atoms with Gasteiger partial charge < -0.3 is 10.0 Å². The van der Waals surface area contributed by atoms with Gasteiger partial charge in [-0.15, -0.1) is 11.3 Å². The lowest BCUT2D eigenvalue weighted by molar-refractivity contribution is 0.0790. The molecule has 0 atom stereocenters. The minimum atomic E-state index is -0.177. The molecule has 0 unspecified atom stereocenters. The fourth-order valence-corrected chi connectivity index (χ4v) is 5.60. The highest BCUT2D eigenvalue weighted by Gasteiger charge is 2.15. The topological polar surface area (TPSA) is 62.5 Å². The van der Waals surface area contributed by atoms with Gasteiger partial charge in [0.05, 0.1) is 16.8 Å². The molecule has 0 saturated carbocycles. The van der Waals surface area contributed by atoms with E-state index in [9.17, 15) is 14.7 Å². The number of nitrogens with zero attached hydrogens (tertiary/aromatic N) is 2. The van der Waals surface area contributed by atoms with Crippen molar-refractivity contribution in [2.45, 2.75) is 13.1 Å². The number of aromatic nitrogens is 1. The van der Waals surface area contributed by atoms with E-state index in [-0.39, 0.29) is 16.7 Å². The number of hydrogen-bond donors (Lipinski definition) is 1. The fourth-order valence-electron chi connectivity index (χ4n) is 3.92. The molecular weight excluding hydrogens is 464 g/mol. The monoisotopic (exact) mass is 486 g/mol. The first-order valence-electron chi connectivity index (χ1n) is 10.8. The molecule has 0 aliphatic heterocycles. The number of rotatable bonds is 6. The third-order valence-electron chi connectivity index (χ3n) is 5.72. The van der Waals surface area contributed by atoms with Crippen LogP contribution in [-0.4, -0.2) is 27.5 Å². The zero-order valence-corrected chi connectivity index (χ0v) is 20.1. The molecule has 0 aliphatic rings. The molecular formula is C27H22N2O3S2. The number of carbonyl (C=O) groups excluding carboxylic acids is 1. The summed E-state index contributed by atoms with van der Waals surface area (Å²) in [5.41, 5.74) is 4.09. The summed E-state index contributed by atoms with van der Waals surface area (Å²) in [6, 6.07) is 26.1. The summed E-state index contributed by atoms with van der Waals surface area (Å²) < 4.78 is 2.47. The molecule has 34 heavy (non-hydrogen) atoms. The molecule has 0 aliphatic carbocycles. The number of hydrogen-bond acceptors (Lipinski definition) is 5. The van der Waals surface area contributed by atoms with Crippen LogP contribution in [0.1, 0.15) is 20.8 Å². The Bertz CT molecular complexity index is 1500. The van der Waals surface area contributed by atoms with Crippen LogP contribution in [0.5, 0.6) is 5.88 Å². The van der Waals surface area contributed by atoms with E-state index in [2.05, 4.69) is 6.07 Å².